The molecule has 0 atom stereocenters. The zero-order valence-electron chi connectivity index (χ0n) is 10.5. The summed E-state index contributed by atoms with van der Waals surface area (Å²) in [5, 5.41) is 0. The van der Waals surface area contributed by atoms with Crippen LogP contribution in [0, 0.1) is 5.41 Å². The summed E-state index contributed by atoms with van der Waals surface area (Å²) in [7, 11) is 1.39. The number of alkyl halides is 3. The standard InChI is InChI=1S/C13H17F3O/c1-12(2,3)8-9-5-6-10(13(14,15)16)7-11(9)17-4/h5-7H,8H2,1-4H3. The van der Waals surface area contributed by atoms with E-state index in [9.17, 15) is 13.2 Å². The Hall–Kier alpha value is -1.19. The van der Waals surface area contributed by atoms with Crippen LogP contribution in [0.2, 0.25) is 0 Å². The first-order valence-electron chi connectivity index (χ1n) is 5.37. The molecule has 1 nitrogen and oxygen atoms in total. The highest BCUT2D eigenvalue weighted by Crippen LogP contribution is 2.35. The highest BCUT2D eigenvalue weighted by Gasteiger charge is 2.31. The van der Waals surface area contributed by atoms with Gasteiger partial charge in [-0.15, -0.1) is 0 Å². The van der Waals surface area contributed by atoms with Crippen molar-refractivity contribution in [3.05, 3.63) is 29.3 Å². The molecule has 1 rings (SSSR count). The van der Waals surface area contributed by atoms with Gasteiger partial charge in [-0.05, 0) is 29.5 Å². The summed E-state index contributed by atoms with van der Waals surface area (Å²) in [4.78, 5) is 0. The van der Waals surface area contributed by atoms with Gasteiger partial charge in [-0.3, -0.25) is 0 Å². The number of halogens is 3. The quantitative estimate of drug-likeness (QED) is 0.755. The van der Waals surface area contributed by atoms with E-state index in [0.29, 0.717) is 12.2 Å². The minimum absolute atomic E-state index is 0.00697. The molecule has 1 aromatic rings. The molecule has 96 valence electrons. The summed E-state index contributed by atoms with van der Waals surface area (Å²) in [6.45, 7) is 6.10. The normalized spacial score (nSPS) is 12.6. The molecule has 0 aliphatic heterocycles. The first-order chi connectivity index (χ1) is 7.63. The third kappa shape index (κ3) is 3.95. The molecule has 0 bridgehead atoms. The van der Waals surface area contributed by atoms with Gasteiger partial charge in [0.2, 0.25) is 0 Å². The number of rotatable bonds is 2. The van der Waals surface area contributed by atoms with Crippen molar-refractivity contribution in [2.24, 2.45) is 5.41 Å². The molecule has 0 unspecified atom stereocenters. The Labute approximate surface area is 99.6 Å². The van der Waals surface area contributed by atoms with Crippen LogP contribution < -0.4 is 4.74 Å². The molecule has 0 aliphatic rings. The van der Waals surface area contributed by atoms with Crippen LogP contribution in [-0.4, -0.2) is 7.11 Å². The number of benzene rings is 1. The molecule has 0 saturated heterocycles. The third-order valence-electron chi connectivity index (χ3n) is 2.34. The number of methoxy groups -OCH3 is 1. The molecule has 17 heavy (non-hydrogen) atoms. The molecule has 1 aromatic carbocycles. The summed E-state index contributed by atoms with van der Waals surface area (Å²) in [5.74, 6) is 0.301. The molecular weight excluding hydrogens is 229 g/mol. The molecule has 0 N–H and O–H groups in total. The summed E-state index contributed by atoms with van der Waals surface area (Å²) in [5.41, 5.74) is 0.132. The minimum atomic E-state index is -4.33. The molecule has 0 saturated carbocycles. The van der Waals surface area contributed by atoms with Crippen LogP contribution in [0.25, 0.3) is 0 Å². The largest absolute Gasteiger partial charge is 0.496 e. The molecule has 0 aliphatic carbocycles. The van der Waals surface area contributed by atoms with Crippen LogP contribution in [0.1, 0.15) is 31.9 Å². The van der Waals surface area contributed by atoms with Gasteiger partial charge in [-0.1, -0.05) is 26.8 Å². The van der Waals surface area contributed by atoms with E-state index in [1.807, 2.05) is 20.8 Å². The van der Waals surface area contributed by atoms with Gasteiger partial charge < -0.3 is 4.74 Å². The highest BCUT2D eigenvalue weighted by molar-refractivity contribution is 5.39. The van der Waals surface area contributed by atoms with Crippen LogP contribution in [-0.2, 0) is 12.6 Å². The fourth-order valence-electron chi connectivity index (χ4n) is 1.64. The lowest BCUT2D eigenvalue weighted by Crippen LogP contribution is -2.11. The average Bonchev–Trinajstić information content (AvgIpc) is 2.14. The van der Waals surface area contributed by atoms with E-state index < -0.39 is 11.7 Å². The minimum Gasteiger partial charge on any atom is -0.496 e. The maximum absolute atomic E-state index is 12.5. The van der Waals surface area contributed by atoms with Crippen molar-refractivity contribution >= 4 is 0 Å². The molecular formula is C13H17F3O. The van der Waals surface area contributed by atoms with Gasteiger partial charge in [0.15, 0.2) is 0 Å². The SMILES string of the molecule is COc1cc(C(F)(F)F)ccc1CC(C)(C)C. The predicted octanol–water partition coefficient (Wildman–Crippen LogP) is 4.30. The van der Waals surface area contributed by atoms with Crippen molar-refractivity contribution in [3.8, 4) is 5.75 Å². The van der Waals surface area contributed by atoms with Gasteiger partial charge in [0.1, 0.15) is 5.75 Å². The molecule has 0 aromatic heterocycles. The smallest absolute Gasteiger partial charge is 0.416 e. The fourth-order valence-corrected chi connectivity index (χ4v) is 1.64. The van der Waals surface area contributed by atoms with Crippen LogP contribution in [0.3, 0.4) is 0 Å². The van der Waals surface area contributed by atoms with Crippen LogP contribution in [0.15, 0.2) is 18.2 Å². The molecule has 0 heterocycles. The Morgan fingerprint density at radius 2 is 1.71 bits per heavy atom. The number of ether oxygens (including phenoxy) is 1. The summed E-state index contributed by atoms with van der Waals surface area (Å²) < 4.78 is 42.6. The van der Waals surface area contributed by atoms with E-state index in [4.69, 9.17) is 4.74 Å². The van der Waals surface area contributed by atoms with Gasteiger partial charge in [0.05, 0.1) is 12.7 Å². The van der Waals surface area contributed by atoms with Crippen molar-refractivity contribution < 1.29 is 17.9 Å². The van der Waals surface area contributed by atoms with Gasteiger partial charge in [0, 0.05) is 0 Å². The summed E-state index contributed by atoms with van der Waals surface area (Å²) in [6.07, 6.45) is -3.65. The molecule has 0 radical (unpaired) electrons. The fraction of sp³-hybridized carbons (Fsp3) is 0.538. The van der Waals surface area contributed by atoms with E-state index in [1.165, 1.54) is 13.2 Å². The first kappa shape index (κ1) is 13.9. The Balaban J connectivity index is 3.10. The van der Waals surface area contributed by atoms with E-state index >= 15 is 0 Å². The maximum atomic E-state index is 12.5. The van der Waals surface area contributed by atoms with Crippen LogP contribution in [0.5, 0.6) is 5.75 Å². The van der Waals surface area contributed by atoms with Gasteiger partial charge in [-0.25, -0.2) is 0 Å². The number of hydrogen-bond acceptors (Lipinski definition) is 1. The van der Waals surface area contributed by atoms with Crippen molar-refractivity contribution in [3.63, 3.8) is 0 Å². The third-order valence-corrected chi connectivity index (χ3v) is 2.34. The second kappa shape index (κ2) is 4.59. The lowest BCUT2D eigenvalue weighted by molar-refractivity contribution is -0.137. The molecule has 0 spiro atoms. The topological polar surface area (TPSA) is 9.23 Å². The Bertz CT molecular complexity index is 389. The first-order valence-corrected chi connectivity index (χ1v) is 5.37. The maximum Gasteiger partial charge on any atom is 0.416 e. The van der Waals surface area contributed by atoms with E-state index in [2.05, 4.69) is 0 Å². The van der Waals surface area contributed by atoms with Crippen molar-refractivity contribution in [1.82, 2.24) is 0 Å². The van der Waals surface area contributed by atoms with Crippen LogP contribution >= 0.6 is 0 Å². The second-order valence-corrected chi connectivity index (χ2v) is 5.26. The zero-order chi connectivity index (χ0) is 13.3. The van der Waals surface area contributed by atoms with Gasteiger partial charge >= 0.3 is 6.18 Å². The van der Waals surface area contributed by atoms with Crippen molar-refractivity contribution in [2.75, 3.05) is 7.11 Å². The van der Waals surface area contributed by atoms with E-state index in [0.717, 1.165) is 17.7 Å². The van der Waals surface area contributed by atoms with Crippen molar-refractivity contribution in [2.45, 2.75) is 33.4 Å². The monoisotopic (exact) mass is 246 g/mol. The molecule has 4 heteroatoms. The van der Waals surface area contributed by atoms with E-state index in [1.54, 1.807) is 0 Å². The summed E-state index contributed by atoms with van der Waals surface area (Å²) in [6, 6.07) is 3.65. The lowest BCUT2D eigenvalue weighted by atomic mass is 9.87. The average molecular weight is 246 g/mol. The van der Waals surface area contributed by atoms with Gasteiger partial charge in [0.25, 0.3) is 0 Å². The highest BCUT2D eigenvalue weighted by atomic mass is 19.4. The van der Waals surface area contributed by atoms with Crippen LogP contribution in [0.4, 0.5) is 13.2 Å². The number of hydrogen-bond donors (Lipinski definition) is 0. The molecule has 0 amide bonds. The second-order valence-electron chi connectivity index (χ2n) is 5.26. The Morgan fingerprint density at radius 1 is 1.12 bits per heavy atom. The Kier molecular flexibility index (Phi) is 3.74. The van der Waals surface area contributed by atoms with Gasteiger partial charge in [-0.2, -0.15) is 13.2 Å². The van der Waals surface area contributed by atoms with E-state index in [-0.39, 0.29) is 5.41 Å². The zero-order valence-corrected chi connectivity index (χ0v) is 10.5. The molecule has 0 fully saturated rings. The predicted molar refractivity (Wildman–Crippen MR) is 61.2 cm³/mol. The summed E-state index contributed by atoms with van der Waals surface area (Å²) >= 11 is 0. The van der Waals surface area contributed by atoms with Crippen molar-refractivity contribution in [1.29, 1.82) is 0 Å². The lowest BCUT2D eigenvalue weighted by Gasteiger charge is -2.20. The Morgan fingerprint density at radius 3 is 2.12 bits per heavy atom.